The summed E-state index contributed by atoms with van der Waals surface area (Å²) in [4.78, 5) is 9.99. The van der Waals surface area contributed by atoms with E-state index in [9.17, 15) is 4.79 Å². The molecule has 5 heteroatoms. The summed E-state index contributed by atoms with van der Waals surface area (Å²) in [7, 11) is 0. The van der Waals surface area contributed by atoms with Gasteiger partial charge in [-0.15, -0.1) is 0 Å². The number of carboxylic acid groups (broad SMARTS) is 1. The fourth-order valence-corrected chi connectivity index (χ4v) is 0.870. The van der Waals surface area contributed by atoms with Crippen LogP contribution in [0.1, 0.15) is 19.3 Å². The molecule has 0 aliphatic carbocycles. The smallest absolute Gasteiger partial charge is 0.404 e. The highest BCUT2D eigenvalue weighted by Gasteiger charge is 2.01. The van der Waals surface area contributed by atoms with Crippen LogP contribution in [-0.4, -0.2) is 35.5 Å². The number of carbonyl (C=O) groups is 1. The number of nitrogens with two attached hydrogens (primary N) is 1. The molecule has 12 heavy (non-hydrogen) atoms. The molecular weight excluding hydrogens is 160 g/mol. The van der Waals surface area contributed by atoms with E-state index in [0.29, 0.717) is 19.4 Å². The molecule has 0 aliphatic heterocycles. The van der Waals surface area contributed by atoms with Crippen molar-refractivity contribution < 1.29 is 15.0 Å². The van der Waals surface area contributed by atoms with E-state index in [1.165, 1.54) is 0 Å². The third-order valence-electron chi connectivity index (χ3n) is 1.53. The Bertz CT molecular complexity index is 130. The monoisotopic (exact) mass is 176 g/mol. The Hall–Kier alpha value is -0.810. The van der Waals surface area contributed by atoms with Gasteiger partial charge in [0.25, 0.3) is 0 Å². The number of aliphatic hydroxyl groups is 1. The van der Waals surface area contributed by atoms with Crippen molar-refractivity contribution >= 4 is 6.09 Å². The lowest BCUT2D eigenvalue weighted by Crippen LogP contribution is -2.26. The van der Waals surface area contributed by atoms with Crippen LogP contribution < -0.4 is 11.1 Å². The minimum atomic E-state index is -1.01. The number of amides is 1. The van der Waals surface area contributed by atoms with Gasteiger partial charge in [0.15, 0.2) is 0 Å². The Morgan fingerprint density at radius 1 is 1.50 bits per heavy atom. The number of nitrogens with one attached hydrogen (secondary N) is 1. The van der Waals surface area contributed by atoms with Gasteiger partial charge in [0.2, 0.25) is 0 Å². The molecule has 5 N–H and O–H groups in total. The van der Waals surface area contributed by atoms with Gasteiger partial charge >= 0.3 is 6.09 Å². The lowest BCUT2D eigenvalue weighted by atomic mass is 10.1. The second-order valence-electron chi connectivity index (χ2n) is 2.65. The van der Waals surface area contributed by atoms with Gasteiger partial charge in [-0.2, -0.15) is 0 Å². The van der Waals surface area contributed by atoms with E-state index < -0.39 is 6.09 Å². The molecule has 0 aromatic carbocycles. The Morgan fingerprint density at radius 3 is 2.67 bits per heavy atom. The summed E-state index contributed by atoms with van der Waals surface area (Å²) in [6.07, 6.45) is 1.02. The molecule has 0 saturated heterocycles. The molecule has 0 aromatic rings. The van der Waals surface area contributed by atoms with Crippen LogP contribution in [0.4, 0.5) is 4.79 Å². The highest BCUT2D eigenvalue weighted by Crippen LogP contribution is 1.96. The third-order valence-corrected chi connectivity index (χ3v) is 1.53. The van der Waals surface area contributed by atoms with E-state index in [0.717, 1.165) is 6.42 Å². The predicted octanol–water partition coefficient (Wildman–Crippen LogP) is -0.256. The summed E-state index contributed by atoms with van der Waals surface area (Å²) in [6, 6.07) is -0.0226. The Balaban J connectivity index is 3.13. The molecule has 0 radical (unpaired) electrons. The van der Waals surface area contributed by atoms with Gasteiger partial charge in [-0.05, 0) is 19.3 Å². The molecule has 0 bridgehead atoms. The average Bonchev–Trinajstić information content (AvgIpc) is 1.98. The molecule has 1 atom stereocenters. The van der Waals surface area contributed by atoms with Crippen molar-refractivity contribution in [2.45, 2.75) is 25.3 Å². The Morgan fingerprint density at radius 2 is 2.17 bits per heavy atom. The topological polar surface area (TPSA) is 95.6 Å². The molecular formula is C7H16N2O3. The van der Waals surface area contributed by atoms with E-state index in [1.54, 1.807) is 0 Å². The van der Waals surface area contributed by atoms with E-state index in [4.69, 9.17) is 15.9 Å². The Labute approximate surface area is 71.6 Å². The van der Waals surface area contributed by atoms with Gasteiger partial charge in [0.1, 0.15) is 0 Å². The first-order valence-corrected chi connectivity index (χ1v) is 4.00. The summed E-state index contributed by atoms with van der Waals surface area (Å²) in [5, 5.41) is 18.9. The van der Waals surface area contributed by atoms with E-state index in [2.05, 4.69) is 5.32 Å². The highest BCUT2D eigenvalue weighted by atomic mass is 16.4. The number of rotatable bonds is 6. The summed E-state index contributed by atoms with van der Waals surface area (Å²) in [6.45, 7) is 0.516. The van der Waals surface area contributed by atoms with Crippen molar-refractivity contribution in [1.29, 1.82) is 0 Å². The van der Waals surface area contributed by atoms with Crippen molar-refractivity contribution in [3.8, 4) is 0 Å². The highest BCUT2D eigenvalue weighted by molar-refractivity contribution is 5.64. The van der Waals surface area contributed by atoms with Crippen molar-refractivity contribution in [2.24, 2.45) is 5.73 Å². The first-order chi connectivity index (χ1) is 5.66. The minimum Gasteiger partial charge on any atom is -0.465 e. The van der Waals surface area contributed by atoms with Crippen LogP contribution in [0.3, 0.4) is 0 Å². The predicted molar refractivity (Wildman–Crippen MR) is 44.9 cm³/mol. The zero-order chi connectivity index (χ0) is 9.40. The zero-order valence-corrected chi connectivity index (χ0v) is 6.99. The molecule has 0 fully saturated rings. The first kappa shape index (κ1) is 11.2. The van der Waals surface area contributed by atoms with Gasteiger partial charge < -0.3 is 21.3 Å². The first-order valence-electron chi connectivity index (χ1n) is 4.00. The second-order valence-corrected chi connectivity index (χ2v) is 2.65. The molecule has 0 unspecified atom stereocenters. The SMILES string of the molecule is N[C@H](CCO)CCCNC(=O)O. The maximum atomic E-state index is 9.99. The summed E-state index contributed by atoms with van der Waals surface area (Å²) in [5.41, 5.74) is 5.57. The molecule has 0 rings (SSSR count). The van der Waals surface area contributed by atoms with Gasteiger partial charge in [0.05, 0.1) is 0 Å². The molecule has 72 valence electrons. The number of aliphatic hydroxyl groups excluding tert-OH is 1. The van der Waals surface area contributed by atoms with Crippen LogP contribution in [0, 0.1) is 0 Å². The van der Waals surface area contributed by atoms with E-state index in [1.807, 2.05) is 0 Å². The fraction of sp³-hybridized carbons (Fsp3) is 0.857. The summed E-state index contributed by atoms with van der Waals surface area (Å²) in [5.74, 6) is 0. The normalized spacial score (nSPS) is 12.5. The standard InChI is InChI=1S/C7H16N2O3/c8-6(3-5-10)2-1-4-9-7(11)12/h6,9-10H,1-5,8H2,(H,11,12)/t6-/m0/s1. The largest absolute Gasteiger partial charge is 0.465 e. The summed E-state index contributed by atoms with van der Waals surface area (Å²) >= 11 is 0. The quantitative estimate of drug-likeness (QED) is 0.419. The molecule has 5 nitrogen and oxygen atoms in total. The van der Waals surface area contributed by atoms with Crippen LogP contribution in [0.25, 0.3) is 0 Å². The van der Waals surface area contributed by atoms with Gasteiger partial charge in [-0.3, -0.25) is 0 Å². The molecule has 1 amide bonds. The van der Waals surface area contributed by atoms with E-state index in [-0.39, 0.29) is 12.6 Å². The van der Waals surface area contributed by atoms with Crippen LogP contribution in [0.5, 0.6) is 0 Å². The summed E-state index contributed by atoms with van der Waals surface area (Å²) < 4.78 is 0. The maximum Gasteiger partial charge on any atom is 0.404 e. The van der Waals surface area contributed by atoms with Gasteiger partial charge in [0, 0.05) is 19.2 Å². The van der Waals surface area contributed by atoms with Crippen molar-refractivity contribution in [3.63, 3.8) is 0 Å². The molecule has 0 heterocycles. The van der Waals surface area contributed by atoms with Crippen molar-refractivity contribution in [1.82, 2.24) is 5.32 Å². The molecule has 0 spiro atoms. The number of hydrogen-bond acceptors (Lipinski definition) is 3. The van der Waals surface area contributed by atoms with Crippen molar-refractivity contribution in [2.75, 3.05) is 13.2 Å². The van der Waals surface area contributed by atoms with Gasteiger partial charge in [-0.25, -0.2) is 4.79 Å². The molecule has 0 aliphatic rings. The third kappa shape index (κ3) is 7.30. The fourth-order valence-electron chi connectivity index (χ4n) is 0.870. The maximum absolute atomic E-state index is 9.99. The lowest BCUT2D eigenvalue weighted by molar-refractivity contribution is 0.194. The van der Waals surface area contributed by atoms with Crippen LogP contribution in [0.2, 0.25) is 0 Å². The average molecular weight is 176 g/mol. The lowest BCUT2D eigenvalue weighted by Gasteiger charge is -2.08. The molecule has 0 aromatic heterocycles. The minimum absolute atomic E-state index is 0.0226. The van der Waals surface area contributed by atoms with Crippen LogP contribution >= 0.6 is 0 Å². The zero-order valence-electron chi connectivity index (χ0n) is 6.99. The van der Waals surface area contributed by atoms with Gasteiger partial charge in [-0.1, -0.05) is 0 Å². The second kappa shape index (κ2) is 6.87. The Kier molecular flexibility index (Phi) is 6.41. The van der Waals surface area contributed by atoms with Crippen LogP contribution in [-0.2, 0) is 0 Å². The van der Waals surface area contributed by atoms with Crippen LogP contribution in [0.15, 0.2) is 0 Å². The number of hydrogen-bond donors (Lipinski definition) is 4. The van der Waals surface area contributed by atoms with Crippen molar-refractivity contribution in [3.05, 3.63) is 0 Å². The van der Waals surface area contributed by atoms with E-state index >= 15 is 0 Å². The molecule has 0 saturated carbocycles.